The minimum absolute atomic E-state index is 0.153. The van der Waals surface area contributed by atoms with Gasteiger partial charge in [0.1, 0.15) is 11.6 Å². The molecule has 0 radical (unpaired) electrons. The molecule has 0 unspecified atom stereocenters. The third-order valence-corrected chi connectivity index (χ3v) is 11.2. The maximum atomic E-state index is 14.4. The molecule has 10 heteroatoms. The van der Waals surface area contributed by atoms with Crippen LogP contribution in [-0.4, -0.2) is 70.6 Å². The molecule has 4 aromatic carbocycles. The molecular formula is C43H43ClN4O5. The summed E-state index contributed by atoms with van der Waals surface area (Å²) in [6, 6.07) is 32.7. The minimum Gasteiger partial charge on any atom is -0.344 e. The van der Waals surface area contributed by atoms with Crippen LogP contribution in [0.4, 0.5) is 10.5 Å². The molecule has 3 aliphatic rings. The molecule has 2 atom stereocenters. The van der Waals surface area contributed by atoms with Crippen molar-refractivity contribution in [2.24, 2.45) is 5.92 Å². The number of para-hydroxylation sites is 1. The zero-order valence-electron chi connectivity index (χ0n) is 29.6. The second kappa shape index (κ2) is 15.8. The van der Waals surface area contributed by atoms with E-state index in [0.29, 0.717) is 30.0 Å². The number of carbonyl (C=O) groups is 5. The molecule has 2 aliphatic heterocycles. The summed E-state index contributed by atoms with van der Waals surface area (Å²) in [7, 11) is 0. The average molecular weight is 731 g/mol. The van der Waals surface area contributed by atoms with Gasteiger partial charge in [0.05, 0.1) is 6.54 Å². The summed E-state index contributed by atoms with van der Waals surface area (Å²) in [6.45, 7) is 0.0839. The Kier molecular flexibility index (Phi) is 10.7. The highest BCUT2D eigenvalue weighted by molar-refractivity contribution is 6.30. The van der Waals surface area contributed by atoms with Gasteiger partial charge in [-0.3, -0.25) is 29.0 Å². The number of anilines is 1. The van der Waals surface area contributed by atoms with E-state index in [9.17, 15) is 24.0 Å². The second-order valence-electron chi connectivity index (χ2n) is 14.3. The molecule has 2 saturated heterocycles. The Balaban J connectivity index is 1.08. The van der Waals surface area contributed by atoms with Gasteiger partial charge in [0.25, 0.3) is 5.91 Å². The van der Waals surface area contributed by atoms with E-state index in [2.05, 4.69) is 17.4 Å². The zero-order chi connectivity index (χ0) is 37.0. The lowest BCUT2D eigenvalue weighted by molar-refractivity contribution is -0.141. The summed E-state index contributed by atoms with van der Waals surface area (Å²) < 4.78 is 0. The van der Waals surface area contributed by atoms with E-state index in [0.717, 1.165) is 28.0 Å². The molecule has 0 saturated carbocycles. The van der Waals surface area contributed by atoms with E-state index in [1.54, 1.807) is 29.2 Å². The van der Waals surface area contributed by atoms with E-state index in [1.807, 2.05) is 72.8 Å². The maximum Gasteiger partial charge on any atom is 0.332 e. The van der Waals surface area contributed by atoms with Crippen LogP contribution >= 0.6 is 11.6 Å². The lowest BCUT2D eigenvalue weighted by atomic mass is 9.83. The van der Waals surface area contributed by atoms with Gasteiger partial charge in [-0.2, -0.15) is 0 Å². The van der Waals surface area contributed by atoms with E-state index in [4.69, 9.17) is 11.6 Å². The second-order valence-corrected chi connectivity index (χ2v) is 14.8. The molecule has 0 aromatic heterocycles. The van der Waals surface area contributed by atoms with Gasteiger partial charge < -0.3 is 10.2 Å². The first-order valence-electron chi connectivity index (χ1n) is 18.4. The molecule has 5 amide bonds. The summed E-state index contributed by atoms with van der Waals surface area (Å²) in [5.74, 6) is -1.27. The van der Waals surface area contributed by atoms with Crippen LogP contribution in [-0.2, 0) is 44.9 Å². The molecular weight excluding hydrogens is 688 g/mol. The highest BCUT2D eigenvalue weighted by Crippen LogP contribution is 2.41. The minimum atomic E-state index is -1.25. The van der Waals surface area contributed by atoms with Crippen LogP contribution in [0.3, 0.4) is 0 Å². The number of nitrogens with one attached hydrogen (secondary N) is 1. The molecule has 0 bridgehead atoms. The van der Waals surface area contributed by atoms with Crippen molar-refractivity contribution in [3.8, 4) is 0 Å². The molecule has 2 heterocycles. The average Bonchev–Trinajstić information content (AvgIpc) is 3.38. The normalized spacial score (nSPS) is 18.5. The highest BCUT2D eigenvalue weighted by atomic mass is 35.5. The Labute approximate surface area is 314 Å². The fraction of sp³-hybridized carbons (Fsp3) is 0.326. The number of fused-ring (bicyclic) bond motifs is 1. The Morgan fingerprint density at radius 2 is 1.43 bits per heavy atom. The molecule has 4 aromatic rings. The van der Waals surface area contributed by atoms with Gasteiger partial charge in [0.2, 0.25) is 11.8 Å². The molecule has 1 N–H and O–H groups in total. The number of imide groups is 1. The molecule has 9 nitrogen and oxygen atoms in total. The van der Waals surface area contributed by atoms with Crippen LogP contribution in [0.2, 0.25) is 5.02 Å². The van der Waals surface area contributed by atoms with Gasteiger partial charge >= 0.3 is 6.03 Å². The molecule has 53 heavy (non-hydrogen) atoms. The van der Waals surface area contributed by atoms with Crippen LogP contribution in [0.5, 0.6) is 0 Å². The van der Waals surface area contributed by atoms with Gasteiger partial charge in [-0.05, 0) is 85.0 Å². The first kappa shape index (κ1) is 36.1. The Morgan fingerprint density at radius 1 is 0.792 bits per heavy atom. The number of hydrogen-bond acceptors (Lipinski definition) is 5. The highest BCUT2D eigenvalue weighted by Gasteiger charge is 2.59. The lowest BCUT2D eigenvalue weighted by Crippen LogP contribution is -2.60. The van der Waals surface area contributed by atoms with Gasteiger partial charge in [0, 0.05) is 42.6 Å². The van der Waals surface area contributed by atoms with Gasteiger partial charge in [-0.25, -0.2) is 4.79 Å². The van der Waals surface area contributed by atoms with Crippen LogP contribution in [0, 0.1) is 5.92 Å². The number of benzene rings is 4. The van der Waals surface area contributed by atoms with E-state index >= 15 is 0 Å². The van der Waals surface area contributed by atoms with Crippen molar-refractivity contribution >= 4 is 46.8 Å². The quantitative estimate of drug-likeness (QED) is 0.185. The van der Waals surface area contributed by atoms with Crippen LogP contribution in [0.15, 0.2) is 109 Å². The number of piperidine rings is 1. The summed E-state index contributed by atoms with van der Waals surface area (Å²) in [6.07, 6.45) is 3.50. The first-order valence-corrected chi connectivity index (χ1v) is 18.8. The van der Waals surface area contributed by atoms with Crippen molar-refractivity contribution in [3.05, 3.63) is 136 Å². The van der Waals surface area contributed by atoms with E-state index in [1.165, 1.54) is 10.5 Å². The lowest BCUT2D eigenvalue weighted by Gasteiger charge is -2.43. The number of carbonyl (C=O) groups excluding carboxylic acids is 5. The largest absolute Gasteiger partial charge is 0.344 e. The molecule has 2 fully saturated rings. The fourth-order valence-electron chi connectivity index (χ4n) is 8.02. The van der Waals surface area contributed by atoms with Crippen LogP contribution in [0.1, 0.15) is 47.9 Å². The Morgan fingerprint density at radius 3 is 2.13 bits per heavy atom. The number of Topliss-reactive ketones (excluding diaryl/α,β-unsaturated/α-hetero) is 1. The van der Waals surface area contributed by atoms with Crippen molar-refractivity contribution < 1.29 is 24.0 Å². The van der Waals surface area contributed by atoms with Crippen molar-refractivity contribution in [1.82, 2.24) is 15.1 Å². The number of hydrogen-bond donors (Lipinski definition) is 1. The molecule has 1 spiro atoms. The smallest absolute Gasteiger partial charge is 0.332 e. The number of amides is 5. The van der Waals surface area contributed by atoms with Gasteiger partial charge in [-0.1, -0.05) is 96.5 Å². The van der Waals surface area contributed by atoms with Gasteiger partial charge in [-0.15, -0.1) is 0 Å². The molecule has 272 valence electrons. The van der Waals surface area contributed by atoms with E-state index in [-0.39, 0.29) is 68.8 Å². The Bertz CT molecular complexity index is 1980. The summed E-state index contributed by atoms with van der Waals surface area (Å²) >= 11 is 6.15. The Hall–Kier alpha value is -5.28. The topological polar surface area (TPSA) is 107 Å². The monoisotopic (exact) mass is 730 g/mol. The number of urea groups is 1. The number of ketones is 1. The fourth-order valence-corrected chi connectivity index (χ4v) is 8.14. The number of halogens is 1. The zero-order valence-corrected chi connectivity index (χ0v) is 30.3. The first-order chi connectivity index (χ1) is 25.7. The van der Waals surface area contributed by atoms with Crippen molar-refractivity contribution in [3.63, 3.8) is 0 Å². The number of rotatable bonds is 11. The number of likely N-dealkylation sites (tertiary alicyclic amines) is 1. The molecule has 7 rings (SSSR count). The predicted octanol–water partition coefficient (Wildman–Crippen LogP) is 6.20. The predicted molar refractivity (Wildman–Crippen MR) is 203 cm³/mol. The standard InChI is InChI=1S/C43H43ClN4O5/c44-35-20-15-31(16-21-35)27-38(45-39(50)34-19-18-32-11-7-8-12-33(32)28-34)40(51)46-25-23-43(24-26-46)41(52)47(42(53)48(43)36-13-5-2-6-14-36)29-37(49)22-17-30-9-3-1-4-10-30/h1-16,20-21,34,38H,17-19,22-29H2,(H,45,50)/t34-,38-/m1/s1. The van der Waals surface area contributed by atoms with Crippen LogP contribution in [0.25, 0.3) is 0 Å². The number of nitrogens with zero attached hydrogens (tertiary/aromatic N) is 3. The summed E-state index contributed by atoms with van der Waals surface area (Å²) in [5, 5.41) is 3.68. The molecule has 1 aliphatic carbocycles. The summed E-state index contributed by atoms with van der Waals surface area (Å²) in [4.78, 5) is 73.9. The van der Waals surface area contributed by atoms with Crippen molar-refractivity contribution in [2.75, 3.05) is 24.5 Å². The van der Waals surface area contributed by atoms with Crippen molar-refractivity contribution in [2.45, 2.75) is 62.9 Å². The third-order valence-electron chi connectivity index (χ3n) is 11.0. The van der Waals surface area contributed by atoms with Gasteiger partial charge in [0.15, 0.2) is 5.78 Å². The van der Waals surface area contributed by atoms with Crippen LogP contribution < -0.4 is 10.2 Å². The summed E-state index contributed by atoms with van der Waals surface area (Å²) in [5.41, 5.74) is 3.59. The van der Waals surface area contributed by atoms with Crippen molar-refractivity contribution in [1.29, 1.82) is 0 Å². The maximum absolute atomic E-state index is 14.4. The SMILES string of the molecule is O=C(CCc1ccccc1)CN1C(=O)N(c2ccccc2)C2(CCN(C(=O)[C@@H](Cc3ccc(Cl)cc3)NC(=O)[C@@H]3CCc4ccccc4C3)CC2)C1=O. The number of aryl methyl sites for hydroxylation is 2. The van der Waals surface area contributed by atoms with E-state index < -0.39 is 23.5 Å². The third kappa shape index (κ3) is 7.76.